The Balaban J connectivity index is 1.85. The fourth-order valence-electron chi connectivity index (χ4n) is 4.53. The zero-order valence-electron chi connectivity index (χ0n) is 12.7. The molecule has 0 saturated carbocycles. The van der Waals surface area contributed by atoms with Crippen LogP contribution < -0.4 is 5.32 Å². The van der Waals surface area contributed by atoms with Crippen molar-refractivity contribution in [3.8, 4) is 0 Å². The van der Waals surface area contributed by atoms with Crippen LogP contribution >= 0.6 is 0 Å². The van der Waals surface area contributed by atoms with Crippen LogP contribution in [0.3, 0.4) is 0 Å². The van der Waals surface area contributed by atoms with Gasteiger partial charge in [-0.25, -0.2) is 0 Å². The summed E-state index contributed by atoms with van der Waals surface area (Å²) in [7, 11) is 0. The SMILES string of the molecule is CCC1CN2CCC[C@@H](CO)C2=C2Nc3ccccc3C21. The predicted octanol–water partition coefficient (Wildman–Crippen LogP) is 3.15. The number of aliphatic hydroxyl groups is 1. The molecule has 112 valence electrons. The van der Waals surface area contributed by atoms with Gasteiger partial charge in [-0.3, -0.25) is 0 Å². The number of anilines is 1. The van der Waals surface area contributed by atoms with Crippen LogP contribution in [0.15, 0.2) is 35.7 Å². The van der Waals surface area contributed by atoms with Gasteiger partial charge in [0.1, 0.15) is 0 Å². The van der Waals surface area contributed by atoms with Crippen LogP contribution in [-0.4, -0.2) is 29.7 Å². The number of fused-ring (bicyclic) bond motifs is 4. The number of rotatable bonds is 2. The van der Waals surface area contributed by atoms with E-state index in [1.54, 1.807) is 0 Å². The maximum absolute atomic E-state index is 9.80. The van der Waals surface area contributed by atoms with Crippen molar-refractivity contribution in [3.05, 3.63) is 41.2 Å². The van der Waals surface area contributed by atoms with E-state index in [0.717, 1.165) is 19.5 Å². The van der Waals surface area contributed by atoms with Gasteiger partial charge in [-0.05, 0) is 30.4 Å². The van der Waals surface area contributed by atoms with Gasteiger partial charge in [0.2, 0.25) is 0 Å². The Bertz CT molecular complexity index is 580. The van der Waals surface area contributed by atoms with E-state index in [9.17, 15) is 5.11 Å². The Morgan fingerprint density at radius 2 is 2.19 bits per heavy atom. The monoisotopic (exact) mass is 284 g/mol. The van der Waals surface area contributed by atoms with Crippen molar-refractivity contribution in [1.82, 2.24) is 4.90 Å². The topological polar surface area (TPSA) is 35.5 Å². The van der Waals surface area contributed by atoms with Crippen molar-refractivity contribution in [1.29, 1.82) is 0 Å². The number of benzene rings is 1. The molecule has 3 aliphatic heterocycles. The number of nitrogens with one attached hydrogen (secondary N) is 1. The summed E-state index contributed by atoms with van der Waals surface area (Å²) in [6.07, 6.45) is 3.53. The van der Waals surface area contributed by atoms with Crippen molar-refractivity contribution >= 4 is 5.69 Å². The van der Waals surface area contributed by atoms with E-state index in [0.29, 0.717) is 17.8 Å². The summed E-state index contributed by atoms with van der Waals surface area (Å²) < 4.78 is 0. The summed E-state index contributed by atoms with van der Waals surface area (Å²) in [4.78, 5) is 2.54. The van der Waals surface area contributed by atoms with E-state index in [1.165, 1.54) is 35.5 Å². The van der Waals surface area contributed by atoms with E-state index in [1.807, 2.05) is 0 Å². The average Bonchev–Trinajstić information content (AvgIpc) is 2.93. The Labute approximate surface area is 126 Å². The zero-order chi connectivity index (χ0) is 14.4. The van der Waals surface area contributed by atoms with Crippen molar-refractivity contribution in [2.24, 2.45) is 11.8 Å². The highest BCUT2D eigenvalue weighted by Crippen LogP contribution is 2.50. The average molecular weight is 284 g/mol. The van der Waals surface area contributed by atoms with Crippen molar-refractivity contribution in [2.45, 2.75) is 32.1 Å². The molecule has 1 saturated heterocycles. The minimum absolute atomic E-state index is 0.275. The molecule has 0 radical (unpaired) electrons. The predicted molar refractivity (Wildman–Crippen MR) is 85.0 cm³/mol. The van der Waals surface area contributed by atoms with Crippen molar-refractivity contribution in [2.75, 3.05) is 25.0 Å². The van der Waals surface area contributed by atoms with Crippen molar-refractivity contribution < 1.29 is 5.11 Å². The molecule has 0 spiro atoms. The highest BCUT2D eigenvalue weighted by Gasteiger charge is 2.43. The van der Waals surface area contributed by atoms with E-state index < -0.39 is 0 Å². The second kappa shape index (κ2) is 5.06. The van der Waals surface area contributed by atoms with E-state index in [-0.39, 0.29) is 6.61 Å². The fraction of sp³-hybridized carbons (Fsp3) is 0.556. The lowest BCUT2D eigenvalue weighted by atomic mass is 9.77. The van der Waals surface area contributed by atoms with Gasteiger partial charge in [0.05, 0.1) is 6.61 Å². The zero-order valence-corrected chi connectivity index (χ0v) is 12.7. The highest BCUT2D eigenvalue weighted by atomic mass is 16.3. The molecule has 21 heavy (non-hydrogen) atoms. The molecule has 1 fully saturated rings. The number of allylic oxidation sites excluding steroid dienone is 1. The molecule has 0 aliphatic carbocycles. The molecule has 1 aromatic rings. The van der Waals surface area contributed by atoms with E-state index in [4.69, 9.17) is 0 Å². The minimum Gasteiger partial charge on any atom is -0.396 e. The highest BCUT2D eigenvalue weighted by molar-refractivity contribution is 5.67. The number of para-hydroxylation sites is 1. The smallest absolute Gasteiger partial charge is 0.0514 e. The summed E-state index contributed by atoms with van der Waals surface area (Å²) in [5.74, 6) is 1.50. The fourth-order valence-corrected chi connectivity index (χ4v) is 4.53. The summed E-state index contributed by atoms with van der Waals surface area (Å²) in [5.41, 5.74) is 5.50. The molecule has 3 aliphatic rings. The molecule has 3 heteroatoms. The van der Waals surface area contributed by atoms with Crippen LogP contribution in [0.2, 0.25) is 0 Å². The molecule has 0 amide bonds. The second-order valence-electron chi connectivity index (χ2n) is 6.62. The lowest BCUT2D eigenvalue weighted by molar-refractivity contribution is 0.135. The molecule has 2 N–H and O–H groups in total. The summed E-state index contributed by atoms with van der Waals surface area (Å²) in [6, 6.07) is 8.72. The lowest BCUT2D eigenvalue weighted by Crippen LogP contribution is -2.44. The van der Waals surface area contributed by atoms with Gasteiger partial charge in [-0.15, -0.1) is 0 Å². The maximum Gasteiger partial charge on any atom is 0.0514 e. The van der Waals surface area contributed by atoms with Crippen LogP contribution in [0, 0.1) is 11.8 Å². The molecule has 0 aromatic heterocycles. The molecule has 3 heterocycles. The summed E-state index contributed by atoms with van der Waals surface area (Å²) in [5, 5.41) is 13.5. The molecule has 4 rings (SSSR count). The number of piperidine rings is 1. The third kappa shape index (κ3) is 1.90. The first-order chi connectivity index (χ1) is 10.3. The second-order valence-corrected chi connectivity index (χ2v) is 6.62. The normalized spacial score (nSPS) is 30.6. The number of hydrogen-bond acceptors (Lipinski definition) is 3. The third-order valence-electron chi connectivity index (χ3n) is 5.53. The van der Waals surface area contributed by atoms with Crippen LogP contribution in [-0.2, 0) is 0 Å². The Kier molecular flexibility index (Phi) is 3.18. The largest absolute Gasteiger partial charge is 0.396 e. The first-order valence-electron chi connectivity index (χ1n) is 8.29. The molecule has 0 bridgehead atoms. The summed E-state index contributed by atoms with van der Waals surface area (Å²) >= 11 is 0. The molecule has 1 aromatic carbocycles. The van der Waals surface area contributed by atoms with Gasteiger partial charge in [-0.2, -0.15) is 0 Å². The molecule has 2 unspecified atom stereocenters. The van der Waals surface area contributed by atoms with Gasteiger partial charge in [-0.1, -0.05) is 31.5 Å². The molecular formula is C18H24N2O. The van der Waals surface area contributed by atoms with Gasteiger partial charge >= 0.3 is 0 Å². The van der Waals surface area contributed by atoms with Gasteiger partial charge in [0, 0.05) is 42.0 Å². The van der Waals surface area contributed by atoms with Crippen LogP contribution in [0.5, 0.6) is 0 Å². The number of aliphatic hydroxyl groups excluding tert-OH is 1. The first-order valence-corrected chi connectivity index (χ1v) is 8.29. The van der Waals surface area contributed by atoms with Crippen LogP contribution in [0.1, 0.15) is 37.7 Å². The third-order valence-corrected chi connectivity index (χ3v) is 5.53. The quantitative estimate of drug-likeness (QED) is 0.875. The first kappa shape index (κ1) is 13.2. The molecule has 3 atom stereocenters. The lowest BCUT2D eigenvalue weighted by Gasteiger charge is -2.45. The Morgan fingerprint density at radius 1 is 1.33 bits per heavy atom. The number of hydrogen-bond donors (Lipinski definition) is 2. The van der Waals surface area contributed by atoms with Gasteiger partial charge < -0.3 is 15.3 Å². The number of nitrogens with zero attached hydrogens (tertiary/aromatic N) is 1. The molecular weight excluding hydrogens is 260 g/mol. The summed E-state index contributed by atoms with van der Waals surface area (Å²) in [6.45, 7) is 4.88. The van der Waals surface area contributed by atoms with Gasteiger partial charge in [0.25, 0.3) is 0 Å². The van der Waals surface area contributed by atoms with Crippen LogP contribution in [0.4, 0.5) is 5.69 Å². The van der Waals surface area contributed by atoms with Crippen molar-refractivity contribution in [3.63, 3.8) is 0 Å². The Morgan fingerprint density at radius 3 is 3.00 bits per heavy atom. The maximum atomic E-state index is 9.80. The van der Waals surface area contributed by atoms with Crippen LogP contribution in [0.25, 0.3) is 0 Å². The Hall–Kier alpha value is -1.48. The van der Waals surface area contributed by atoms with Gasteiger partial charge in [0.15, 0.2) is 0 Å². The van der Waals surface area contributed by atoms with E-state index >= 15 is 0 Å². The minimum atomic E-state index is 0.275. The standard InChI is InChI=1S/C18H24N2O/c1-2-12-10-20-9-5-6-13(11-21)18(20)17-16(12)14-7-3-4-8-15(14)19-17/h3-4,7-8,12-13,16,19,21H,2,5-6,9-11H2,1H3/t12?,13-,16?/m0/s1. The molecule has 3 nitrogen and oxygen atoms in total. The van der Waals surface area contributed by atoms with E-state index in [2.05, 4.69) is 41.4 Å².